The zero-order valence-electron chi connectivity index (χ0n) is 46.8. The van der Waals surface area contributed by atoms with Crippen LogP contribution in [0.5, 0.6) is 0 Å². The lowest BCUT2D eigenvalue weighted by Crippen LogP contribution is -2.41. The van der Waals surface area contributed by atoms with Crippen LogP contribution in [0.1, 0.15) is 230 Å². The smallest absolute Gasteiger partial charge is 0.219 e. The summed E-state index contributed by atoms with van der Waals surface area (Å²) in [5.74, 6) is 13.5. The van der Waals surface area contributed by atoms with Crippen molar-refractivity contribution in [3.8, 4) is 11.8 Å². The Morgan fingerprint density at radius 1 is 0.705 bits per heavy atom. The maximum absolute atomic E-state index is 11.1. The topological polar surface area (TPSA) is 66.6 Å². The Morgan fingerprint density at radius 2 is 1.07 bits per heavy atom. The van der Waals surface area contributed by atoms with Crippen LogP contribution in [0, 0.1) is 71.0 Å². The molecule has 1 amide bonds. The molecule has 0 aromatic rings. The van der Waals surface area contributed by atoms with E-state index in [1.54, 1.807) is 13.8 Å². The van der Waals surface area contributed by atoms with Crippen LogP contribution in [-0.4, -0.2) is 60.8 Å². The number of likely N-dealkylation sites (tertiary alicyclic amines) is 1. The Hall–Kier alpha value is -1.64. The summed E-state index contributed by atoms with van der Waals surface area (Å²) in [6.45, 7) is 54.2. The van der Waals surface area contributed by atoms with Crippen LogP contribution in [0.15, 0.2) is 11.6 Å². The van der Waals surface area contributed by atoms with Crippen molar-refractivity contribution in [1.29, 1.82) is 0 Å². The fourth-order valence-electron chi connectivity index (χ4n) is 3.96. The zero-order valence-corrected chi connectivity index (χ0v) is 46.8. The number of nitrogens with two attached hydrogens (primary N) is 1. The third kappa shape index (κ3) is 70.3. The van der Waals surface area contributed by atoms with Crippen LogP contribution in [0.3, 0.4) is 0 Å². The minimum absolute atomic E-state index is 0.00926. The highest BCUT2D eigenvalue weighted by molar-refractivity contribution is 5.97. The fraction of sp³-hybridized carbons (Fsp3) is 0.893. The molecule has 0 atom stereocenters. The van der Waals surface area contributed by atoms with E-state index in [0.29, 0.717) is 17.7 Å². The predicted octanol–water partition coefficient (Wildman–Crippen LogP) is 16.0. The highest BCUT2D eigenvalue weighted by atomic mass is 16.1. The van der Waals surface area contributed by atoms with Crippen LogP contribution in [0.4, 0.5) is 0 Å². The van der Waals surface area contributed by atoms with Gasteiger partial charge in [0.1, 0.15) is 0 Å². The third-order valence-electron chi connectivity index (χ3n) is 9.35. The van der Waals surface area contributed by atoms with Crippen molar-refractivity contribution in [2.24, 2.45) is 64.9 Å². The van der Waals surface area contributed by atoms with E-state index in [1.165, 1.54) is 64.5 Å². The maximum atomic E-state index is 11.1. The monoisotopic (exact) mass is 864 g/mol. The predicted molar refractivity (Wildman–Crippen MR) is 280 cm³/mol. The molecule has 4 aliphatic rings. The summed E-state index contributed by atoms with van der Waals surface area (Å²) in [6.07, 6.45) is 15.2. The number of primary amides is 1. The molecule has 61 heavy (non-hydrogen) atoms. The molecule has 5 heteroatoms. The number of amides is 1. The lowest BCUT2D eigenvalue weighted by Gasteiger charge is -2.34. The number of carbonyl (C=O) groups excluding carboxylic acids is 2. The first-order chi connectivity index (χ1) is 27.9. The van der Waals surface area contributed by atoms with E-state index in [9.17, 15) is 9.59 Å². The highest BCUT2D eigenvalue weighted by Gasteiger charge is 2.24. The van der Waals surface area contributed by atoms with Gasteiger partial charge >= 0.3 is 0 Å². The standard InChI is InChI=1S/C8H12O.C8H12.C7H16.C6H13N.C6H12.C5H13N.C5H12.C4H9NO.C4H10.C3H8/c1-6(2)8(9)7-4-3-5-7;1-7(2)3-4-8-5-6-8;1-6(2)5-7(3)4;1-6(2)7-4-3-5-7;1-5(2)6-3-4-6;1-5(2)6(3)4;1-4-5(2)3;1-3(2)4(5)6;1-4(2)3;1-3-2/h4,6H,3,5H2,1-2H3;7-8H,5-6H2,1-2H3;6-7H,5H2,1-4H3;6H,3-5H2,1-2H3;5-6H,3-4H2,1-2H3;5H,1-4H3;5H,4H2,1-3H3;3H,1-2H3,(H2,5,6);4H,1-3H3;3H2,1-2H3. The Balaban J connectivity index is -0.000000139. The molecular weight excluding hydrogens is 747 g/mol. The van der Waals surface area contributed by atoms with Gasteiger partial charge in [-0.15, -0.1) is 5.92 Å². The molecule has 1 saturated heterocycles. The van der Waals surface area contributed by atoms with Crippen molar-refractivity contribution in [1.82, 2.24) is 9.80 Å². The van der Waals surface area contributed by atoms with E-state index in [2.05, 4.69) is 174 Å². The van der Waals surface area contributed by atoms with Gasteiger partial charge in [0.05, 0.1) is 0 Å². The van der Waals surface area contributed by atoms with Gasteiger partial charge in [0.2, 0.25) is 5.91 Å². The summed E-state index contributed by atoms with van der Waals surface area (Å²) in [6, 6.07) is 1.47. The Labute approximate surface area is 387 Å². The molecule has 0 aromatic heterocycles. The Morgan fingerprint density at radius 3 is 1.13 bits per heavy atom. The first kappa shape index (κ1) is 71.0. The van der Waals surface area contributed by atoms with Crippen LogP contribution < -0.4 is 5.73 Å². The molecule has 2 N–H and O–H groups in total. The molecule has 3 fully saturated rings. The van der Waals surface area contributed by atoms with E-state index in [0.717, 1.165) is 65.9 Å². The molecule has 0 radical (unpaired) electrons. The lowest BCUT2D eigenvalue weighted by molar-refractivity contribution is -0.121. The van der Waals surface area contributed by atoms with Crippen molar-refractivity contribution in [3.63, 3.8) is 0 Å². The van der Waals surface area contributed by atoms with Gasteiger partial charge in [-0.2, -0.15) is 0 Å². The van der Waals surface area contributed by atoms with Crippen LogP contribution in [-0.2, 0) is 9.59 Å². The molecule has 0 aromatic carbocycles. The highest BCUT2D eigenvalue weighted by Crippen LogP contribution is 2.35. The van der Waals surface area contributed by atoms with Crippen molar-refractivity contribution in [2.45, 2.75) is 242 Å². The molecule has 0 unspecified atom stereocenters. The van der Waals surface area contributed by atoms with Crippen molar-refractivity contribution < 1.29 is 9.59 Å². The van der Waals surface area contributed by atoms with E-state index in [1.807, 2.05) is 19.9 Å². The summed E-state index contributed by atoms with van der Waals surface area (Å²) in [4.78, 5) is 25.6. The molecule has 1 aliphatic heterocycles. The Bertz CT molecular complexity index is 997. The van der Waals surface area contributed by atoms with Gasteiger partial charge in [-0.05, 0) is 147 Å². The van der Waals surface area contributed by atoms with Crippen LogP contribution in [0.2, 0.25) is 0 Å². The van der Waals surface area contributed by atoms with Gasteiger partial charge in [-0.25, -0.2) is 0 Å². The molecule has 0 spiro atoms. The molecular formula is C56H117N3O2. The van der Waals surface area contributed by atoms with Crippen LogP contribution in [0.25, 0.3) is 0 Å². The second-order valence-corrected chi connectivity index (χ2v) is 21.4. The number of hydrogen-bond acceptors (Lipinski definition) is 4. The van der Waals surface area contributed by atoms with Crippen molar-refractivity contribution >= 4 is 11.7 Å². The lowest BCUT2D eigenvalue weighted by atomic mass is 9.90. The van der Waals surface area contributed by atoms with E-state index < -0.39 is 0 Å². The van der Waals surface area contributed by atoms with Gasteiger partial charge in [-0.3, -0.25) is 9.59 Å². The molecule has 4 rings (SSSR count). The molecule has 5 nitrogen and oxygen atoms in total. The quantitative estimate of drug-likeness (QED) is 0.235. The number of ketones is 1. The number of Topliss-reactive ketones (excluding diaryl/α,β-unsaturated/α-hetero) is 1. The number of hydrogen-bond donors (Lipinski definition) is 1. The largest absolute Gasteiger partial charge is 0.369 e. The number of rotatable bonds is 9. The molecule has 0 bridgehead atoms. The average Bonchev–Trinajstić information content (AvgIpc) is 3.98. The van der Waals surface area contributed by atoms with E-state index in [-0.39, 0.29) is 17.7 Å². The normalized spacial score (nSPS) is 14.6. The summed E-state index contributed by atoms with van der Waals surface area (Å²) < 4.78 is 0. The van der Waals surface area contributed by atoms with Crippen molar-refractivity contribution in [2.75, 3.05) is 27.2 Å². The van der Waals surface area contributed by atoms with Gasteiger partial charge in [0, 0.05) is 35.8 Å². The first-order valence-corrected chi connectivity index (χ1v) is 25.4. The first-order valence-electron chi connectivity index (χ1n) is 25.4. The second-order valence-electron chi connectivity index (χ2n) is 21.4. The number of nitrogens with zero attached hydrogens (tertiary/aromatic N) is 2. The summed E-state index contributed by atoms with van der Waals surface area (Å²) in [7, 11) is 4.15. The minimum atomic E-state index is -0.241. The average molecular weight is 865 g/mol. The van der Waals surface area contributed by atoms with E-state index in [4.69, 9.17) is 5.73 Å². The second kappa shape index (κ2) is 46.4. The summed E-state index contributed by atoms with van der Waals surface area (Å²) in [5, 5.41) is 0. The number of allylic oxidation sites excluding steroid dienone is 2. The number of carbonyl (C=O) groups is 2. The van der Waals surface area contributed by atoms with Gasteiger partial charge < -0.3 is 15.5 Å². The zero-order chi connectivity index (χ0) is 49.4. The SMILES string of the molecule is CC(C)C.CC(C)C#CC1CC1.CC(C)C(=O)C1=CCC1.CC(C)C(N)=O.CC(C)C1CC1.CC(C)CC(C)C.CC(C)N(C)C.CC(C)N1CCC1.CCC.CCC(C)C. The third-order valence-corrected chi connectivity index (χ3v) is 9.35. The molecule has 3 aliphatic carbocycles. The summed E-state index contributed by atoms with van der Waals surface area (Å²) >= 11 is 0. The van der Waals surface area contributed by atoms with Gasteiger partial charge in [0.15, 0.2) is 5.78 Å². The van der Waals surface area contributed by atoms with Crippen molar-refractivity contribution in [3.05, 3.63) is 11.6 Å². The van der Waals surface area contributed by atoms with Crippen LogP contribution >= 0.6 is 0 Å². The Kier molecular flexibility index (Phi) is 54.0. The van der Waals surface area contributed by atoms with E-state index >= 15 is 0 Å². The van der Waals surface area contributed by atoms with Gasteiger partial charge in [0.25, 0.3) is 0 Å². The minimum Gasteiger partial charge on any atom is -0.369 e. The fourth-order valence-corrected chi connectivity index (χ4v) is 3.96. The molecule has 2 saturated carbocycles. The molecule has 1 heterocycles. The maximum Gasteiger partial charge on any atom is 0.219 e. The summed E-state index contributed by atoms with van der Waals surface area (Å²) in [5.41, 5.74) is 5.84. The molecule has 368 valence electrons. The van der Waals surface area contributed by atoms with Gasteiger partial charge in [-0.1, -0.05) is 163 Å².